The summed E-state index contributed by atoms with van der Waals surface area (Å²) in [5, 5.41) is 0. The van der Waals surface area contributed by atoms with E-state index in [0.717, 1.165) is 25.6 Å². The van der Waals surface area contributed by atoms with Crippen LogP contribution in [0.3, 0.4) is 0 Å². The number of nitrogens with zero attached hydrogens (tertiary/aromatic N) is 1. The van der Waals surface area contributed by atoms with Crippen LogP contribution < -0.4 is 5.73 Å². The van der Waals surface area contributed by atoms with Crippen molar-refractivity contribution in [3.8, 4) is 0 Å². The molecule has 0 amide bonds. The van der Waals surface area contributed by atoms with Crippen LogP contribution in [0.1, 0.15) is 13.3 Å². The van der Waals surface area contributed by atoms with E-state index in [1.54, 1.807) is 14.2 Å². The maximum Gasteiger partial charge on any atom is 0.334 e. The highest BCUT2D eigenvalue weighted by molar-refractivity contribution is 6.65. The van der Waals surface area contributed by atoms with Crippen LogP contribution in [0.4, 0.5) is 0 Å². The van der Waals surface area contributed by atoms with Gasteiger partial charge in [0.15, 0.2) is 0 Å². The number of hydrogen-bond acceptors (Lipinski definition) is 4. The molecule has 0 aliphatic rings. The number of nitrogens with two attached hydrogens (primary N) is 1. The number of hydrogen-bond donors (Lipinski definition) is 1. The second-order valence-electron chi connectivity index (χ2n) is 4.51. The molecule has 0 aromatic carbocycles. The lowest BCUT2D eigenvalue weighted by Crippen LogP contribution is -2.41. The zero-order chi connectivity index (χ0) is 13.3. The van der Waals surface area contributed by atoms with Crippen LogP contribution in [0.2, 0.25) is 12.6 Å². The van der Waals surface area contributed by atoms with Gasteiger partial charge in [0.1, 0.15) is 0 Å². The topological polar surface area (TPSA) is 47.7 Å². The van der Waals surface area contributed by atoms with Gasteiger partial charge in [0.2, 0.25) is 0 Å². The zero-order valence-corrected chi connectivity index (χ0v) is 12.7. The Balaban J connectivity index is 4.08. The first-order valence-corrected chi connectivity index (χ1v) is 8.70. The molecule has 0 radical (unpaired) electrons. The summed E-state index contributed by atoms with van der Waals surface area (Å²) in [7, 11) is 1.56. The standard InChI is InChI=1S/C12H28N2O2Si/c1-6-8-14(12(2)11-13)9-7-10-17(5,15-3)16-4/h6,12H,1,7-11,13H2,2-5H3. The van der Waals surface area contributed by atoms with Gasteiger partial charge in [-0.3, -0.25) is 4.90 Å². The smallest absolute Gasteiger partial charge is 0.334 e. The quantitative estimate of drug-likeness (QED) is 0.478. The first-order valence-electron chi connectivity index (χ1n) is 6.18. The average Bonchev–Trinajstić information content (AvgIpc) is 2.36. The largest absolute Gasteiger partial charge is 0.398 e. The molecule has 5 heteroatoms. The fourth-order valence-corrected chi connectivity index (χ4v) is 3.07. The molecule has 0 aliphatic carbocycles. The molecule has 0 bridgehead atoms. The van der Waals surface area contributed by atoms with E-state index in [1.807, 2.05) is 6.08 Å². The molecular weight excluding hydrogens is 232 g/mol. The Kier molecular flexibility index (Phi) is 8.72. The molecule has 0 fully saturated rings. The summed E-state index contributed by atoms with van der Waals surface area (Å²) in [6.45, 7) is 10.6. The lowest BCUT2D eigenvalue weighted by Gasteiger charge is -2.29. The van der Waals surface area contributed by atoms with Crippen molar-refractivity contribution in [2.45, 2.75) is 32.0 Å². The fraction of sp³-hybridized carbons (Fsp3) is 0.833. The molecule has 17 heavy (non-hydrogen) atoms. The lowest BCUT2D eigenvalue weighted by atomic mass is 10.2. The van der Waals surface area contributed by atoms with Crippen molar-refractivity contribution in [3.63, 3.8) is 0 Å². The van der Waals surface area contributed by atoms with Gasteiger partial charge in [-0.2, -0.15) is 0 Å². The van der Waals surface area contributed by atoms with Gasteiger partial charge >= 0.3 is 8.56 Å². The van der Waals surface area contributed by atoms with Crippen molar-refractivity contribution in [1.29, 1.82) is 0 Å². The molecule has 0 heterocycles. The molecule has 102 valence electrons. The predicted octanol–water partition coefficient (Wildman–Crippen LogP) is 1.58. The lowest BCUT2D eigenvalue weighted by molar-refractivity contribution is 0.222. The third-order valence-corrected chi connectivity index (χ3v) is 6.26. The normalized spacial score (nSPS) is 14.0. The van der Waals surface area contributed by atoms with Crippen LogP contribution in [0, 0.1) is 0 Å². The van der Waals surface area contributed by atoms with Crippen LogP contribution in [0.25, 0.3) is 0 Å². The highest BCUT2D eigenvalue weighted by Crippen LogP contribution is 2.14. The van der Waals surface area contributed by atoms with E-state index in [1.165, 1.54) is 0 Å². The minimum Gasteiger partial charge on any atom is -0.398 e. The van der Waals surface area contributed by atoms with Crippen molar-refractivity contribution < 1.29 is 8.85 Å². The van der Waals surface area contributed by atoms with E-state index in [0.29, 0.717) is 12.6 Å². The molecule has 0 rings (SSSR count). The second kappa shape index (κ2) is 8.83. The molecule has 1 unspecified atom stereocenters. The summed E-state index contributed by atoms with van der Waals surface area (Å²) in [6, 6.07) is 1.40. The first-order chi connectivity index (χ1) is 8.02. The minimum atomic E-state index is -1.92. The molecule has 2 N–H and O–H groups in total. The molecule has 1 atom stereocenters. The SMILES string of the molecule is C=CCN(CCC[Si](C)(OC)OC)C(C)CN. The summed E-state index contributed by atoms with van der Waals surface area (Å²) in [6.07, 6.45) is 3.00. The van der Waals surface area contributed by atoms with Crippen LogP contribution in [-0.2, 0) is 8.85 Å². The summed E-state index contributed by atoms with van der Waals surface area (Å²) in [5.41, 5.74) is 5.70. The van der Waals surface area contributed by atoms with Crippen LogP contribution in [0.15, 0.2) is 12.7 Å². The Morgan fingerprint density at radius 2 is 2.00 bits per heavy atom. The van der Waals surface area contributed by atoms with Gasteiger partial charge in [0.25, 0.3) is 0 Å². The summed E-state index contributed by atoms with van der Waals surface area (Å²) in [4.78, 5) is 2.34. The Labute approximate surface area is 107 Å². The van der Waals surface area contributed by atoms with Crippen molar-refractivity contribution >= 4 is 8.56 Å². The maximum absolute atomic E-state index is 5.70. The zero-order valence-electron chi connectivity index (χ0n) is 11.7. The van der Waals surface area contributed by atoms with E-state index >= 15 is 0 Å². The van der Waals surface area contributed by atoms with E-state index in [2.05, 4.69) is 24.9 Å². The Bertz CT molecular complexity index is 211. The third kappa shape index (κ3) is 6.33. The monoisotopic (exact) mass is 260 g/mol. The highest BCUT2D eigenvalue weighted by atomic mass is 28.4. The van der Waals surface area contributed by atoms with Gasteiger partial charge in [0, 0.05) is 33.4 Å². The predicted molar refractivity (Wildman–Crippen MR) is 75.3 cm³/mol. The molecule has 0 aromatic heterocycles. The summed E-state index contributed by atoms with van der Waals surface area (Å²) in [5.74, 6) is 0. The van der Waals surface area contributed by atoms with Gasteiger partial charge < -0.3 is 14.6 Å². The Morgan fingerprint density at radius 1 is 1.41 bits per heavy atom. The van der Waals surface area contributed by atoms with Crippen molar-refractivity contribution in [1.82, 2.24) is 4.90 Å². The van der Waals surface area contributed by atoms with Crippen LogP contribution >= 0.6 is 0 Å². The highest BCUT2D eigenvalue weighted by Gasteiger charge is 2.28. The van der Waals surface area contributed by atoms with Crippen LogP contribution in [0.5, 0.6) is 0 Å². The van der Waals surface area contributed by atoms with Crippen molar-refractivity contribution in [2.24, 2.45) is 5.73 Å². The van der Waals surface area contributed by atoms with Gasteiger partial charge in [-0.25, -0.2) is 0 Å². The van der Waals surface area contributed by atoms with Gasteiger partial charge in [-0.1, -0.05) is 6.08 Å². The van der Waals surface area contributed by atoms with Crippen molar-refractivity contribution in [2.75, 3.05) is 33.9 Å². The average molecular weight is 260 g/mol. The second-order valence-corrected chi connectivity index (χ2v) is 8.10. The molecule has 0 saturated heterocycles. The third-order valence-electron chi connectivity index (χ3n) is 3.27. The molecule has 0 aromatic rings. The van der Waals surface area contributed by atoms with Gasteiger partial charge in [-0.05, 0) is 32.5 Å². The maximum atomic E-state index is 5.70. The molecule has 0 saturated carbocycles. The molecule has 0 aliphatic heterocycles. The van der Waals surface area contributed by atoms with E-state index in [9.17, 15) is 0 Å². The molecule has 4 nitrogen and oxygen atoms in total. The summed E-state index contributed by atoms with van der Waals surface area (Å²) < 4.78 is 10.9. The number of rotatable bonds is 10. The Hall–Kier alpha value is -0.203. The Morgan fingerprint density at radius 3 is 2.41 bits per heavy atom. The van der Waals surface area contributed by atoms with E-state index in [4.69, 9.17) is 14.6 Å². The molecule has 0 spiro atoms. The van der Waals surface area contributed by atoms with Gasteiger partial charge in [0.05, 0.1) is 0 Å². The minimum absolute atomic E-state index is 0.394. The van der Waals surface area contributed by atoms with E-state index < -0.39 is 8.56 Å². The van der Waals surface area contributed by atoms with Crippen molar-refractivity contribution in [3.05, 3.63) is 12.7 Å². The molecular formula is C12H28N2O2Si. The summed E-state index contributed by atoms with van der Waals surface area (Å²) >= 11 is 0. The van der Waals surface area contributed by atoms with Crippen LogP contribution in [-0.4, -0.2) is 53.4 Å². The first kappa shape index (κ1) is 16.8. The fourth-order valence-electron chi connectivity index (χ4n) is 1.70. The van der Waals surface area contributed by atoms with E-state index in [-0.39, 0.29) is 0 Å². The van der Waals surface area contributed by atoms with Gasteiger partial charge in [-0.15, -0.1) is 6.58 Å².